The highest BCUT2D eigenvalue weighted by Gasteiger charge is 2.54. The predicted octanol–water partition coefficient (Wildman–Crippen LogP) is 6.18. The summed E-state index contributed by atoms with van der Waals surface area (Å²) in [5, 5.41) is 0. The van der Waals surface area contributed by atoms with E-state index in [-0.39, 0.29) is 23.3 Å². The van der Waals surface area contributed by atoms with Crippen molar-refractivity contribution in [3.8, 4) is 0 Å². The van der Waals surface area contributed by atoms with Gasteiger partial charge in [-0.2, -0.15) is 0 Å². The van der Waals surface area contributed by atoms with E-state index in [1.165, 1.54) is 11.1 Å². The summed E-state index contributed by atoms with van der Waals surface area (Å²) in [6.45, 7) is 19.4. The molecule has 2 aliphatic carbocycles. The molecule has 0 radical (unpaired) electrons. The normalized spacial score (nSPS) is 31.1. The van der Waals surface area contributed by atoms with E-state index < -0.39 is 0 Å². The lowest BCUT2D eigenvalue weighted by atomic mass is 9.58. The number of rotatable bonds is 8. The first-order valence-corrected chi connectivity index (χ1v) is 10.6. The fraction of sp³-hybridized carbons (Fsp3) is 0.640. The molecule has 1 fully saturated rings. The summed E-state index contributed by atoms with van der Waals surface area (Å²) in [5.74, 6) is 1.83. The van der Waals surface area contributed by atoms with E-state index in [0.717, 1.165) is 25.7 Å². The molecule has 1 amide bonds. The number of amides is 1. The standard InChI is InChI=1S/C25H39NO/c1-9-12-18(6)20-14-21-16-23(22(15-20)25(21,7)17(4)5)26(8)24(27)19(11-3)13-10-2/h9-10,12,16-17,19-20,22-23H,2,6,11,13-15H2,1,3-5,7-8H3/b12-9+/t19?,20?,22-,23?,25-/m1/s1. The largest absolute Gasteiger partial charge is 0.339 e. The van der Waals surface area contributed by atoms with Gasteiger partial charge in [0.05, 0.1) is 6.04 Å². The zero-order valence-electron chi connectivity index (χ0n) is 18.3. The molecule has 27 heavy (non-hydrogen) atoms. The van der Waals surface area contributed by atoms with E-state index in [0.29, 0.717) is 17.8 Å². The topological polar surface area (TPSA) is 20.3 Å². The molecule has 0 aromatic heterocycles. The van der Waals surface area contributed by atoms with Crippen molar-refractivity contribution in [2.75, 3.05) is 7.05 Å². The smallest absolute Gasteiger partial charge is 0.226 e. The molecule has 3 unspecified atom stereocenters. The van der Waals surface area contributed by atoms with Crippen LogP contribution in [0.4, 0.5) is 0 Å². The van der Waals surface area contributed by atoms with E-state index in [1.54, 1.807) is 0 Å². The van der Waals surface area contributed by atoms with Crippen LogP contribution in [0.5, 0.6) is 0 Å². The lowest BCUT2D eigenvalue weighted by Crippen LogP contribution is -2.48. The minimum absolute atomic E-state index is 0.0467. The van der Waals surface area contributed by atoms with Gasteiger partial charge in [0, 0.05) is 13.0 Å². The van der Waals surface area contributed by atoms with Gasteiger partial charge in [-0.25, -0.2) is 0 Å². The van der Waals surface area contributed by atoms with Gasteiger partial charge in [-0.3, -0.25) is 4.79 Å². The average Bonchev–Trinajstić information content (AvgIpc) is 2.80. The molecule has 2 bridgehead atoms. The third-order valence-corrected chi connectivity index (χ3v) is 7.44. The number of hydrogen-bond acceptors (Lipinski definition) is 1. The van der Waals surface area contributed by atoms with Crippen molar-refractivity contribution in [1.29, 1.82) is 0 Å². The third kappa shape index (κ3) is 3.86. The number of hydrogen-bond donors (Lipinski definition) is 0. The van der Waals surface area contributed by atoms with Gasteiger partial charge in [-0.15, -0.1) is 6.58 Å². The summed E-state index contributed by atoms with van der Waals surface area (Å²) in [4.78, 5) is 15.2. The second-order valence-electron chi connectivity index (χ2n) is 9.02. The second-order valence-corrected chi connectivity index (χ2v) is 9.02. The first kappa shape index (κ1) is 21.7. The van der Waals surface area contributed by atoms with Gasteiger partial charge in [-0.05, 0) is 55.8 Å². The Labute approximate surface area is 167 Å². The number of carbonyl (C=O) groups excluding carboxylic acids is 1. The molecule has 0 saturated heterocycles. The van der Waals surface area contributed by atoms with Crippen molar-refractivity contribution < 1.29 is 4.79 Å². The quantitative estimate of drug-likeness (QED) is 0.370. The summed E-state index contributed by atoms with van der Waals surface area (Å²) in [6.07, 6.45) is 12.4. The van der Waals surface area contributed by atoms with Crippen LogP contribution in [0.3, 0.4) is 0 Å². The van der Waals surface area contributed by atoms with Gasteiger partial charge >= 0.3 is 0 Å². The van der Waals surface area contributed by atoms with Crippen molar-refractivity contribution in [2.24, 2.45) is 29.1 Å². The Morgan fingerprint density at radius 2 is 2.11 bits per heavy atom. The van der Waals surface area contributed by atoms with Crippen molar-refractivity contribution in [3.05, 3.63) is 48.6 Å². The summed E-state index contributed by atoms with van der Waals surface area (Å²) in [6, 6.07) is 0.196. The number of fused-ring (bicyclic) bond motifs is 2. The summed E-state index contributed by atoms with van der Waals surface area (Å²) >= 11 is 0. The summed E-state index contributed by atoms with van der Waals surface area (Å²) < 4.78 is 0. The van der Waals surface area contributed by atoms with Crippen LogP contribution >= 0.6 is 0 Å². The summed E-state index contributed by atoms with van der Waals surface area (Å²) in [5.41, 5.74) is 2.93. The van der Waals surface area contributed by atoms with Crippen molar-refractivity contribution >= 4 is 5.91 Å². The molecule has 150 valence electrons. The Bertz CT molecular complexity index is 641. The van der Waals surface area contributed by atoms with Gasteiger partial charge in [0.25, 0.3) is 0 Å². The van der Waals surface area contributed by atoms with Crippen LogP contribution in [0, 0.1) is 29.1 Å². The third-order valence-electron chi connectivity index (χ3n) is 7.44. The van der Waals surface area contributed by atoms with Crippen LogP contribution in [0.2, 0.25) is 0 Å². The van der Waals surface area contributed by atoms with E-state index in [2.05, 4.69) is 66.0 Å². The van der Waals surface area contributed by atoms with Crippen molar-refractivity contribution in [3.63, 3.8) is 0 Å². The van der Waals surface area contributed by atoms with E-state index in [4.69, 9.17) is 0 Å². The van der Waals surface area contributed by atoms with E-state index in [9.17, 15) is 4.79 Å². The Balaban J connectivity index is 2.33. The lowest BCUT2D eigenvalue weighted by Gasteiger charge is -2.48. The Kier molecular flexibility index (Phi) is 6.94. The van der Waals surface area contributed by atoms with Crippen LogP contribution in [0.25, 0.3) is 0 Å². The van der Waals surface area contributed by atoms with E-state index in [1.807, 2.05) is 18.0 Å². The van der Waals surface area contributed by atoms with Crippen LogP contribution in [0.1, 0.15) is 60.3 Å². The molecule has 5 atom stereocenters. The molecule has 2 rings (SSSR count). The fourth-order valence-electron chi connectivity index (χ4n) is 5.31. The molecule has 0 N–H and O–H groups in total. The molecule has 2 nitrogen and oxygen atoms in total. The zero-order chi connectivity index (χ0) is 20.4. The number of likely N-dealkylation sites (N-methyl/N-ethyl adjacent to an activating group) is 1. The minimum atomic E-state index is 0.0467. The SMILES string of the molecule is C=CCC(CC)C(=O)N(C)C1C=C2CC(C(=C)/C=C/C)C[C@H]1[C@]2(C)C(C)C. The average molecular weight is 370 g/mol. The maximum absolute atomic E-state index is 13.2. The molecule has 2 heteroatoms. The highest BCUT2D eigenvalue weighted by molar-refractivity contribution is 5.79. The monoisotopic (exact) mass is 369 g/mol. The number of allylic oxidation sites excluding steroid dienone is 5. The van der Waals surface area contributed by atoms with Gasteiger partial charge in [-0.1, -0.05) is 69.7 Å². The molecular weight excluding hydrogens is 330 g/mol. The molecule has 0 heterocycles. The molecule has 2 aliphatic rings. The Hall–Kier alpha value is -1.57. The van der Waals surface area contributed by atoms with Crippen molar-refractivity contribution in [2.45, 2.75) is 66.3 Å². The van der Waals surface area contributed by atoms with Crippen LogP contribution in [0.15, 0.2) is 48.6 Å². The number of nitrogens with zero attached hydrogens (tertiary/aromatic N) is 1. The molecule has 0 aromatic carbocycles. The molecule has 0 aromatic rings. The van der Waals surface area contributed by atoms with Gasteiger partial charge < -0.3 is 4.90 Å². The lowest BCUT2D eigenvalue weighted by molar-refractivity contribution is -0.137. The first-order valence-electron chi connectivity index (χ1n) is 10.6. The first-order chi connectivity index (χ1) is 12.7. The summed E-state index contributed by atoms with van der Waals surface area (Å²) in [7, 11) is 2.01. The molecular formula is C25H39NO. The number of carbonyl (C=O) groups is 1. The molecule has 0 aliphatic heterocycles. The Morgan fingerprint density at radius 1 is 1.44 bits per heavy atom. The second kappa shape index (κ2) is 8.63. The molecule has 1 saturated carbocycles. The van der Waals surface area contributed by atoms with Gasteiger partial charge in [0.2, 0.25) is 5.91 Å². The van der Waals surface area contributed by atoms with Crippen LogP contribution in [-0.4, -0.2) is 23.9 Å². The Morgan fingerprint density at radius 3 is 2.63 bits per heavy atom. The van der Waals surface area contributed by atoms with E-state index >= 15 is 0 Å². The maximum Gasteiger partial charge on any atom is 0.226 e. The van der Waals surface area contributed by atoms with Gasteiger partial charge in [0.15, 0.2) is 0 Å². The van der Waals surface area contributed by atoms with Gasteiger partial charge in [0.1, 0.15) is 0 Å². The van der Waals surface area contributed by atoms with Crippen LogP contribution < -0.4 is 0 Å². The highest BCUT2D eigenvalue weighted by Crippen LogP contribution is 2.59. The maximum atomic E-state index is 13.2. The predicted molar refractivity (Wildman–Crippen MR) is 116 cm³/mol. The minimum Gasteiger partial charge on any atom is -0.339 e. The van der Waals surface area contributed by atoms with Crippen molar-refractivity contribution in [1.82, 2.24) is 4.90 Å². The zero-order valence-corrected chi connectivity index (χ0v) is 18.3. The van der Waals surface area contributed by atoms with Crippen LogP contribution in [-0.2, 0) is 4.79 Å². The fourth-order valence-corrected chi connectivity index (χ4v) is 5.31. The molecule has 0 spiro atoms. The highest BCUT2D eigenvalue weighted by atomic mass is 16.2.